The first-order valence-corrected chi connectivity index (χ1v) is 8.16. The molecule has 0 aliphatic heterocycles. The number of carbonyl (C=O) groups is 2. The van der Waals surface area contributed by atoms with Crippen LogP contribution in [0.3, 0.4) is 0 Å². The molecule has 0 fully saturated rings. The molecule has 0 bridgehead atoms. The van der Waals surface area contributed by atoms with Gasteiger partial charge in [-0.25, -0.2) is 4.39 Å². The third-order valence-electron chi connectivity index (χ3n) is 3.06. The van der Waals surface area contributed by atoms with Crippen LogP contribution in [0, 0.1) is 5.82 Å². The van der Waals surface area contributed by atoms with Crippen molar-refractivity contribution in [2.75, 3.05) is 6.61 Å². The zero-order valence-corrected chi connectivity index (χ0v) is 15.0. The molecule has 0 spiro atoms. The second-order valence-corrected chi connectivity index (χ2v) is 5.96. The van der Waals surface area contributed by atoms with Gasteiger partial charge in [-0.1, -0.05) is 11.6 Å². The van der Waals surface area contributed by atoms with Crippen LogP contribution >= 0.6 is 11.6 Å². The molecule has 2 amide bonds. The van der Waals surface area contributed by atoms with Crippen LogP contribution in [0.1, 0.15) is 24.2 Å². The van der Waals surface area contributed by atoms with Crippen LogP contribution in [0.2, 0.25) is 5.02 Å². The first kappa shape index (κ1) is 19.5. The summed E-state index contributed by atoms with van der Waals surface area (Å²) in [4.78, 5) is 23.7. The van der Waals surface area contributed by atoms with Gasteiger partial charge in [0.05, 0.1) is 11.1 Å². The zero-order chi connectivity index (χ0) is 19.1. The molecule has 138 valence electrons. The van der Waals surface area contributed by atoms with Gasteiger partial charge in [0, 0.05) is 5.56 Å². The number of hydrogen-bond acceptors (Lipinski definition) is 4. The molecule has 26 heavy (non-hydrogen) atoms. The Kier molecular flexibility index (Phi) is 6.80. The summed E-state index contributed by atoms with van der Waals surface area (Å²) in [5.41, 5.74) is 4.83. The average Bonchev–Trinajstić information content (AvgIpc) is 2.59. The van der Waals surface area contributed by atoms with Gasteiger partial charge in [-0.3, -0.25) is 20.4 Å². The van der Waals surface area contributed by atoms with E-state index in [1.807, 2.05) is 13.8 Å². The molecule has 0 unspecified atom stereocenters. The molecule has 0 aromatic heterocycles. The third kappa shape index (κ3) is 5.93. The number of amides is 2. The maximum Gasteiger partial charge on any atom is 0.276 e. The van der Waals surface area contributed by atoms with Gasteiger partial charge < -0.3 is 9.47 Å². The standard InChI is InChI=1S/C18H18ClFN2O4/c1-11(2)26-14-6-3-12(4-7-14)18(24)22-21-17(23)10-25-16-8-5-13(20)9-15(16)19/h3-9,11H,10H2,1-2H3,(H,21,23)(H,22,24). The molecular weight excluding hydrogens is 363 g/mol. The zero-order valence-electron chi connectivity index (χ0n) is 14.2. The van der Waals surface area contributed by atoms with Crippen molar-refractivity contribution in [3.8, 4) is 11.5 Å². The fourth-order valence-electron chi connectivity index (χ4n) is 1.93. The Balaban J connectivity index is 1.80. The predicted octanol–water partition coefficient (Wildman–Crippen LogP) is 3.11. The highest BCUT2D eigenvalue weighted by Crippen LogP contribution is 2.24. The summed E-state index contributed by atoms with van der Waals surface area (Å²) in [6, 6.07) is 10.0. The minimum Gasteiger partial charge on any atom is -0.491 e. The molecule has 0 heterocycles. The lowest BCUT2D eigenvalue weighted by molar-refractivity contribution is -0.123. The number of rotatable bonds is 6. The SMILES string of the molecule is CC(C)Oc1ccc(C(=O)NNC(=O)COc2ccc(F)cc2Cl)cc1. The van der Waals surface area contributed by atoms with Crippen molar-refractivity contribution in [2.24, 2.45) is 0 Å². The largest absolute Gasteiger partial charge is 0.491 e. The maximum absolute atomic E-state index is 12.9. The quantitative estimate of drug-likeness (QED) is 0.755. The summed E-state index contributed by atoms with van der Waals surface area (Å²) >= 11 is 5.79. The molecule has 0 atom stereocenters. The number of hydrazine groups is 1. The molecule has 0 radical (unpaired) electrons. The van der Waals surface area contributed by atoms with E-state index in [0.717, 1.165) is 12.1 Å². The van der Waals surface area contributed by atoms with E-state index < -0.39 is 24.2 Å². The fraction of sp³-hybridized carbons (Fsp3) is 0.222. The van der Waals surface area contributed by atoms with Crippen LogP contribution in [0.4, 0.5) is 4.39 Å². The lowest BCUT2D eigenvalue weighted by Gasteiger charge is -2.11. The maximum atomic E-state index is 12.9. The predicted molar refractivity (Wildman–Crippen MR) is 94.7 cm³/mol. The van der Waals surface area contributed by atoms with Gasteiger partial charge in [0.15, 0.2) is 6.61 Å². The first-order chi connectivity index (χ1) is 12.3. The number of hydrogen-bond donors (Lipinski definition) is 2. The molecule has 0 aliphatic carbocycles. The lowest BCUT2D eigenvalue weighted by atomic mass is 10.2. The summed E-state index contributed by atoms with van der Waals surface area (Å²) < 4.78 is 23.6. The van der Waals surface area contributed by atoms with Crippen molar-refractivity contribution in [3.63, 3.8) is 0 Å². The second-order valence-electron chi connectivity index (χ2n) is 5.56. The van der Waals surface area contributed by atoms with Crippen LogP contribution in [-0.2, 0) is 4.79 Å². The van der Waals surface area contributed by atoms with Gasteiger partial charge in [0.1, 0.15) is 17.3 Å². The van der Waals surface area contributed by atoms with Crippen LogP contribution in [0.25, 0.3) is 0 Å². The molecule has 2 aromatic rings. The minimum atomic E-state index is -0.599. The highest BCUT2D eigenvalue weighted by molar-refractivity contribution is 6.32. The normalized spacial score (nSPS) is 10.3. The topological polar surface area (TPSA) is 76.7 Å². The van der Waals surface area contributed by atoms with Gasteiger partial charge in [-0.05, 0) is 56.3 Å². The van der Waals surface area contributed by atoms with Crippen molar-refractivity contribution < 1.29 is 23.5 Å². The molecule has 2 rings (SSSR count). The Hall–Kier alpha value is -2.80. The Morgan fingerprint density at radius 3 is 2.42 bits per heavy atom. The van der Waals surface area contributed by atoms with Crippen molar-refractivity contribution in [3.05, 3.63) is 58.9 Å². The van der Waals surface area contributed by atoms with E-state index in [1.54, 1.807) is 24.3 Å². The molecule has 6 nitrogen and oxygen atoms in total. The monoisotopic (exact) mass is 380 g/mol. The Morgan fingerprint density at radius 2 is 1.81 bits per heavy atom. The van der Waals surface area contributed by atoms with Crippen LogP contribution < -0.4 is 20.3 Å². The summed E-state index contributed by atoms with van der Waals surface area (Å²) in [6.07, 6.45) is 0.0311. The summed E-state index contributed by atoms with van der Waals surface area (Å²) in [7, 11) is 0. The Labute approximate surface area is 155 Å². The van der Waals surface area contributed by atoms with Gasteiger partial charge >= 0.3 is 0 Å². The van der Waals surface area contributed by atoms with E-state index in [1.165, 1.54) is 6.07 Å². The van der Waals surface area contributed by atoms with Crippen molar-refractivity contribution in [1.29, 1.82) is 0 Å². The van der Waals surface area contributed by atoms with E-state index in [-0.39, 0.29) is 16.9 Å². The smallest absolute Gasteiger partial charge is 0.276 e. The number of benzene rings is 2. The average molecular weight is 381 g/mol. The molecule has 2 N–H and O–H groups in total. The van der Waals surface area contributed by atoms with Gasteiger partial charge in [-0.2, -0.15) is 0 Å². The molecule has 0 saturated heterocycles. The van der Waals surface area contributed by atoms with Gasteiger partial charge in [-0.15, -0.1) is 0 Å². The van der Waals surface area contributed by atoms with Crippen molar-refractivity contribution in [2.45, 2.75) is 20.0 Å². The van der Waals surface area contributed by atoms with E-state index in [9.17, 15) is 14.0 Å². The van der Waals surface area contributed by atoms with E-state index in [0.29, 0.717) is 11.3 Å². The lowest BCUT2D eigenvalue weighted by Crippen LogP contribution is -2.43. The molecule has 8 heteroatoms. The molecule has 0 aliphatic rings. The highest BCUT2D eigenvalue weighted by atomic mass is 35.5. The summed E-state index contributed by atoms with van der Waals surface area (Å²) in [6.45, 7) is 3.40. The number of carbonyl (C=O) groups excluding carboxylic acids is 2. The van der Waals surface area contributed by atoms with E-state index >= 15 is 0 Å². The van der Waals surface area contributed by atoms with Crippen LogP contribution in [-0.4, -0.2) is 24.5 Å². The van der Waals surface area contributed by atoms with E-state index in [2.05, 4.69) is 10.9 Å². The van der Waals surface area contributed by atoms with E-state index in [4.69, 9.17) is 21.1 Å². The Morgan fingerprint density at radius 1 is 1.12 bits per heavy atom. The van der Waals surface area contributed by atoms with Crippen molar-refractivity contribution in [1.82, 2.24) is 10.9 Å². The number of nitrogens with one attached hydrogen (secondary N) is 2. The minimum absolute atomic E-state index is 0.0311. The highest BCUT2D eigenvalue weighted by Gasteiger charge is 2.10. The number of ether oxygens (including phenoxy) is 2. The van der Waals surface area contributed by atoms with Crippen LogP contribution in [0.5, 0.6) is 11.5 Å². The van der Waals surface area contributed by atoms with Crippen molar-refractivity contribution >= 4 is 23.4 Å². The summed E-state index contributed by atoms with van der Waals surface area (Å²) in [5.74, 6) is -0.794. The van der Waals surface area contributed by atoms with Gasteiger partial charge in [0.25, 0.3) is 11.8 Å². The Bertz CT molecular complexity index is 781. The fourth-order valence-corrected chi connectivity index (χ4v) is 2.15. The van der Waals surface area contributed by atoms with Crippen LogP contribution in [0.15, 0.2) is 42.5 Å². The first-order valence-electron chi connectivity index (χ1n) is 7.79. The molecular formula is C18H18ClFN2O4. The summed E-state index contributed by atoms with van der Waals surface area (Å²) in [5, 5.41) is 0.0468. The molecule has 2 aromatic carbocycles. The molecule has 0 saturated carbocycles. The van der Waals surface area contributed by atoms with Gasteiger partial charge in [0.2, 0.25) is 0 Å². The third-order valence-corrected chi connectivity index (χ3v) is 3.35. The second kappa shape index (κ2) is 9.05. The number of halogens is 2.